The van der Waals surface area contributed by atoms with Crippen molar-refractivity contribution >= 4 is 10.8 Å². The summed E-state index contributed by atoms with van der Waals surface area (Å²) in [5, 5.41) is 2.10. The Morgan fingerprint density at radius 1 is 0.731 bits per heavy atom. The van der Waals surface area contributed by atoms with Gasteiger partial charge < -0.3 is 31.4 Å². The molecule has 3 aromatic rings. The summed E-state index contributed by atoms with van der Waals surface area (Å²) in [4.78, 5) is 4.56. The molecule has 0 aliphatic rings. The third-order valence-electron chi connectivity index (χ3n) is 4.17. The van der Waals surface area contributed by atoms with E-state index in [2.05, 4.69) is 4.98 Å². The minimum Gasteiger partial charge on any atom is -1.00 e. The molecular formula is C20H21ClNO4-. The zero-order valence-corrected chi connectivity index (χ0v) is 16.0. The number of hydrogen-bond acceptors (Lipinski definition) is 5. The fraction of sp³-hybridized carbons (Fsp3) is 0.250. The monoisotopic (exact) mass is 374 g/mol. The number of halogens is 1. The lowest BCUT2D eigenvalue weighted by molar-refractivity contribution is -0.00000618. The Kier molecular flexibility index (Phi) is 6.52. The van der Waals surface area contributed by atoms with E-state index in [4.69, 9.17) is 18.9 Å². The van der Waals surface area contributed by atoms with Crippen LogP contribution in [0.1, 0.15) is 11.3 Å². The van der Waals surface area contributed by atoms with E-state index in [0.29, 0.717) is 29.4 Å². The molecule has 0 N–H and O–H groups in total. The number of methoxy groups -OCH3 is 4. The largest absolute Gasteiger partial charge is 1.00 e. The Bertz CT molecular complexity index is 898. The zero-order valence-electron chi connectivity index (χ0n) is 15.2. The Morgan fingerprint density at radius 3 is 2.00 bits per heavy atom. The van der Waals surface area contributed by atoms with Crippen molar-refractivity contribution in [3.63, 3.8) is 0 Å². The smallest absolute Gasteiger partial charge is 0.161 e. The Balaban J connectivity index is 0.00000243. The normalized spacial score (nSPS) is 10.2. The maximum atomic E-state index is 5.43. The van der Waals surface area contributed by atoms with Crippen LogP contribution in [0.5, 0.6) is 23.0 Å². The number of pyridine rings is 1. The number of benzene rings is 2. The molecule has 0 saturated carbocycles. The van der Waals surface area contributed by atoms with Gasteiger partial charge in [0.25, 0.3) is 0 Å². The Hall–Kier alpha value is -2.66. The molecule has 0 atom stereocenters. The predicted octanol–water partition coefficient (Wildman–Crippen LogP) is 0.864. The van der Waals surface area contributed by atoms with Crippen LogP contribution >= 0.6 is 0 Å². The van der Waals surface area contributed by atoms with Crippen LogP contribution in [0.2, 0.25) is 0 Å². The van der Waals surface area contributed by atoms with E-state index in [1.807, 2.05) is 42.6 Å². The van der Waals surface area contributed by atoms with E-state index in [1.54, 1.807) is 28.4 Å². The first-order chi connectivity index (χ1) is 12.2. The van der Waals surface area contributed by atoms with E-state index in [-0.39, 0.29) is 12.4 Å². The first-order valence-electron chi connectivity index (χ1n) is 7.90. The molecule has 3 rings (SSSR count). The molecule has 0 saturated heterocycles. The van der Waals surface area contributed by atoms with Crippen LogP contribution in [0.25, 0.3) is 10.8 Å². The lowest BCUT2D eigenvalue weighted by Crippen LogP contribution is -3.00. The molecule has 138 valence electrons. The molecule has 0 aliphatic carbocycles. The minimum atomic E-state index is 0. The summed E-state index contributed by atoms with van der Waals surface area (Å²) in [6, 6.07) is 11.8. The van der Waals surface area contributed by atoms with Gasteiger partial charge in [0.15, 0.2) is 23.0 Å². The van der Waals surface area contributed by atoms with E-state index >= 15 is 0 Å². The molecule has 0 unspecified atom stereocenters. The molecule has 6 heteroatoms. The van der Waals surface area contributed by atoms with Gasteiger partial charge in [-0.15, -0.1) is 0 Å². The highest BCUT2D eigenvalue weighted by atomic mass is 35.5. The van der Waals surface area contributed by atoms with Crippen LogP contribution in [0.3, 0.4) is 0 Å². The minimum absolute atomic E-state index is 0. The molecule has 1 aromatic heterocycles. The van der Waals surface area contributed by atoms with Gasteiger partial charge in [0.1, 0.15) is 0 Å². The number of ether oxygens (including phenoxy) is 4. The summed E-state index contributed by atoms with van der Waals surface area (Å²) in [5.41, 5.74) is 2.05. The zero-order chi connectivity index (χ0) is 17.8. The maximum Gasteiger partial charge on any atom is 0.161 e. The molecule has 0 radical (unpaired) electrons. The van der Waals surface area contributed by atoms with E-state index in [0.717, 1.165) is 22.0 Å². The van der Waals surface area contributed by atoms with Crippen molar-refractivity contribution in [1.82, 2.24) is 4.98 Å². The highest BCUT2D eigenvalue weighted by Gasteiger charge is 2.11. The van der Waals surface area contributed by atoms with E-state index in [1.165, 1.54) is 0 Å². The third kappa shape index (κ3) is 3.78. The molecular weight excluding hydrogens is 354 g/mol. The van der Waals surface area contributed by atoms with Crippen molar-refractivity contribution in [3.05, 3.63) is 53.9 Å². The first kappa shape index (κ1) is 19.7. The second-order valence-corrected chi connectivity index (χ2v) is 5.55. The van der Waals surface area contributed by atoms with Gasteiger partial charge in [-0.25, -0.2) is 0 Å². The van der Waals surface area contributed by atoms with Gasteiger partial charge in [-0.3, -0.25) is 4.98 Å². The fourth-order valence-corrected chi connectivity index (χ4v) is 2.88. The molecule has 0 fully saturated rings. The molecule has 0 bridgehead atoms. The number of aromatic nitrogens is 1. The second-order valence-electron chi connectivity index (χ2n) is 5.55. The van der Waals surface area contributed by atoms with E-state index < -0.39 is 0 Å². The van der Waals surface area contributed by atoms with Crippen molar-refractivity contribution in [2.75, 3.05) is 28.4 Å². The van der Waals surface area contributed by atoms with Gasteiger partial charge in [0.05, 0.1) is 34.1 Å². The summed E-state index contributed by atoms with van der Waals surface area (Å²) in [7, 11) is 6.53. The molecule has 1 heterocycles. The summed E-state index contributed by atoms with van der Waals surface area (Å²) in [5.74, 6) is 2.82. The average molecular weight is 375 g/mol. The third-order valence-corrected chi connectivity index (χ3v) is 4.17. The summed E-state index contributed by atoms with van der Waals surface area (Å²) in [6.07, 6.45) is 2.48. The van der Waals surface area contributed by atoms with Crippen LogP contribution in [-0.2, 0) is 6.42 Å². The van der Waals surface area contributed by atoms with Crippen molar-refractivity contribution < 1.29 is 31.4 Å². The molecule has 26 heavy (non-hydrogen) atoms. The van der Waals surface area contributed by atoms with Crippen LogP contribution in [0.15, 0.2) is 42.6 Å². The van der Waals surface area contributed by atoms with Crippen molar-refractivity contribution in [2.24, 2.45) is 0 Å². The number of nitrogens with zero attached hydrogens (tertiary/aromatic N) is 1. The standard InChI is InChI=1S/C20H21NO4.ClH/c1-22-17-6-5-13(10-18(17)23-2)9-16-15-12-20(25-4)19(24-3)11-14(15)7-8-21-16;/h5-8,10-12H,9H2,1-4H3;1H/p-1. The highest BCUT2D eigenvalue weighted by Crippen LogP contribution is 2.34. The van der Waals surface area contributed by atoms with Gasteiger partial charge in [-0.05, 0) is 41.3 Å². The van der Waals surface area contributed by atoms with Gasteiger partial charge in [-0.2, -0.15) is 0 Å². The SMILES string of the molecule is COc1ccc(Cc2nccc3cc(OC)c(OC)cc23)cc1OC.[Cl-]. The Labute approximate surface area is 159 Å². The predicted molar refractivity (Wildman–Crippen MR) is 97.2 cm³/mol. The van der Waals surface area contributed by atoms with Crippen LogP contribution in [0.4, 0.5) is 0 Å². The van der Waals surface area contributed by atoms with Crippen molar-refractivity contribution in [2.45, 2.75) is 6.42 Å². The van der Waals surface area contributed by atoms with Crippen LogP contribution < -0.4 is 31.4 Å². The highest BCUT2D eigenvalue weighted by molar-refractivity contribution is 5.88. The van der Waals surface area contributed by atoms with Crippen LogP contribution in [-0.4, -0.2) is 33.4 Å². The van der Waals surface area contributed by atoms with Gasteiger partial charge in [0, 0.05) is 18.0 Å². The number of fused-ring (bicyclic) bond motifs is 1. The molecule has 0 spiro atoms. The van der Waals surface area contributed by atoms with Gasteiger partial charge >= 0.3 is 0 Å². The first-order valence-corrected chi connectivity index (χ1v) is 7.90. The molecule has 0 amide bonds. The fourth-order valence-electron chi connectivity index (χ4n) is 2.88. The second kappa shape index (κ2) is 8.63. The van der Waals surface area contributed by atoms with E-state index in [9.17, 15) is 0 Å². The molecule has 0 aliphatic heterocycles. The molecule has 5 nitrogen and oxygen atoms in total. The number of rotatable bonds is 6. The van der Waals surface area contributed by atoms with Crippen LogP contribution in [0, 0.1) is 0 Å². The topological polar surface area (TPSA) is 49.8 Å². The van der Waals surface area contributed by atoms with Crippen molar-refractivity contribution in [3.8, 4) is 23.0 Å². The molecule has 2 aromatic carbocycles. The summed E-state index contributed by atoms with van der Waals surface area (Å²) >= 11 is 0. The lowest BCUT2D eigenvalue weighted by atomic mass is 10.0. The summed E-state index contributed by atoms with van der Waals surface area (Å²) < 4.78 is 21.5. The average Bonchev–Trinajstić information content (AvgIpc) is 2.66. The van der Waals surface area contributed by atoms with Gasteiger partial charge in [-0.1, -0.05) is 6.07 Å². The summed E-state index contributed by atoms with van der Waals surface area (Å²) in [6.45, 7) is 0. The quantitative estimate of drug-likeness (QED) is 0.640. The number of hydrogen-bond donors (Lipinski definition) is 0. The maximum absolute atomic E-state index is 5.43. The Morgan fingerprint density at radius 2 is 1.35 bits per heavy atom. The van der Waals surface area contributed by atoms with Crippen molar-refractivity contribution in [1.29, 1.82) is 0 Å². The lowest BCUT2D eigenvalue weighted by Gasteiger charge is -2.12. The van der Waals surface area contributed by atoms with Gasteiger partial charge in [0.2, 0.25) is 0 Å².